The van der Waals surface area contributed by atoms with E-state index in [9.17, 15) is 5.11 Å². The molecule has 0 saturated heterocycles. The Morgan fingerprint density at radius 1 is 1.10 bits per heavy atom. The van der Waals surface area contributed by atoms with Crippen molar-refractivity contribution in [2.75, 3.05) is 0 Å². The van der Waals surface area contributed by atoms with Crippen LogP contribution in [0.2, 0.25) is 5.02 Å². The van der Waals surface area contributed by atoms with Gasteiger partial charge >= 0.3 is 0 Å². The molecule has 3 nitrogen and oxygen atoms in total. The maximum absolute atomic E-state index is 9.95. The first kappa shape index (κ1) is 13.7. The Hall–Kier alpha value is -2.26. The summed E-state index contributed by atoms with van der Waals surface area (Å²) in [6.45, 7) is 2.59. The van der Waals surface area contributed by atoms with Gasteiger partial charge in [0.15, 0.2) is 0 Å². The van der Waals surface area contributed by atoms with Crippen LogP contribution in [-0.4, -0.2) is 14.7 Å². The average molecular weight is 299 g/mol. The molecule has 1 aromatic heterocycles. The maximum Gasteiger partial charge on any atom is 0.140 e. The molecule has 0 aliphatic carbocycles. The van der Waals surface area contributed by atoms with Crippen molar-refractivity contribution in [3.05, 3.63) is 71.0 Å². The summed E-state index contributed by atoms with van der Waals surface area (Å²) in [5.41, 5.74) is 2.92. The molecule has 4 heteroatoms. The quantitative estimate of drug-likeness (QED) is 0.784. The third-order valence-electron chi connectivity index (χ3n) is 3.48. The molecule has 2 aromatic carbocycles. The fraction of sp³-hybridized carbons (Fsp3) is 0.118. The minimum atomic E-state index is 0.299. The summed E-state index contributed by atoms with van der Waals surface area (Å²) in [4.78, 5) is 4.48. The van der Waals surface area contributed by atoms with Crippen molar-refractivity contribution in [1.29, 1.82) is 0 Å². The van der Waals surface area contributed by atoms with E-state index in [1.807, 2.05) is 55.6 Å². The van der Waals surface area contributed by atoms with Gasteiger partial charge in [0.05, 0.1) is 6.54 Å². The number of aryl methyl sites for hydroxylation is 1. The molecule has 0 spiro atoms. The number of halogens is 1. The van der Waals surface area contributed by atoms with Crippen molar-refractivity contribution in [2.24, 2.45) is 0 Å². The van der Waals surface area contributed by atoms with Crippen molar-refractivity contribution >= 4 is 11.6 Å². The molecule has 0 unspecified atom stereocenters. The zero-order valence-corrected chi connectivity index (χ0v) is 12.4. The lowest BCUT2D eigenvalue weighted by molar-refractivity contribution is 0.466. The number of phenols is 1. The van der Waals surface area contributed by atoms with Gasteiger partial charge in [0, 0.05) is 28.0 Å². The lowest BCUT2D eigenvalue weighted by Gasteiger charge is -2.11. The number of phenolic OH excluding ortho intramolecular Hbond substituents is 1. The summed E-state index contributed by atoms with van der Waals surface area (Å²) in [7, 11) is 0. The van der Waals surface area contributed by atoms with E-state index < -0.39 is 0 Å². The number of aromatic nitrogens is 2. The minimum Gasteiger partial charge on any atom is -0.508 e. The van der Waals surface area contributed by atoms with Crippen molar-refractivity contribution in [1.82, 2.24) is 9.55 Å². The Labute approximate surface area is 128 Å². The normalized spacial score (nSPS) is 10.8. The zero-order valence-electron chi connectivity index (χ0n) is 11.6. The number of para-hydroxylation sites is 1. The summed E-state index contributed by atoms with van der Waals surface area (Å²) in [6, 6.07) is 15.0. The van der Waals surface area contributed by atoms with Crippen LogP contribution in [0.4, 0.5) is 0 Å². The first-order valence-corrected chi connectivity index (χ1v) is 7.08. The lowest BCUT2D eigenvalue weighted by atomic mass is 10.1. The molecular formula is C17H15ClN2O. The first-order valence-electron chi connectivity index (χ1n) is 6.70. The number of benzene rings is 2. The van der Waals surface area contributed by atoms with Crippen molar-refractivity contribution in [3.8, 4) is 17.1 Å². The van der Waals surface area contributed by atoms with Crippen LogP contribution in [0.25, 0.3) is 11.4 Å². The molecule has 3 rings (SSSR count). The van der Waals surface area contributed by atoms with Crippen LogP contribution in [0.5, 0.6) is 5.75 Å². The van der Waals surface area contributed by atoms with Gasteiger partial charge in [-0.25, -0.2) is 4.98 Å². The smallest absolute Gasteiger partial charge is 0.140 e. The second-order valence-corrected chi connectivity index (χ2v) is 5.38. The van der Waals surface area contributed by atoms with Crippen LogP contribution < -0.4 is 0 Å². The number of hydrogen-bond donors (Lipinski definition) is 1. The predicted octanol–water partition coefficient (Wildman–Crippen LogP) is 4.27. The Morgan fingerprint density at radius 3 is 2.52 bits per heavy atom. The molecule has 1 heterocycles. The fourth-order valence-corrected chi connectivity index (χ4v) is 2.43. The average Bonchev–Trinajstić information content (AvgIpc) is 2.84. The van der Waals surface area contributed by atoms with Gasteiger partial charge in [-0.1, -0.05) is 29.8 Å². The first-order chi connectivity index (χ1) is 10.1. The predicted molar refractivity (Wildman–Crippen MR) is 84.6 cm³/mol. The van der Waals surface area contributed by atoms with Crippen LogP contribution >= 0.6 is 11.6 Å². The fourth-order valence-electron chi connectivity index (χ4n) is 2.30. The van der Waals surface area contributed by atoms with Gasteiger partial charge < -0.3 is 9.67 Å². The minimum absolute atomic E-state index is 0.299. The molecule has 0 amide bonds. The Kier molecular flexibility index (Phi) is 3.67. The van der Waals surface area contributed by atoms with Crippen LogP contribution in [0.15, 0.2) is 54.7 Å². The van der Waals surface area contributed by atoms with Gasteiger partial charge in [-0.2, -0.15) is 0 Å². The monoisotopic (exact) mass is 298 g/mol. The van der Waals surface area contributed by atoms with E-state index in [1.54, 1.807) is 6.07 Å². The molecule has 21 heavy (non-hydrogen) atoms. The molecule has 0 bridgehead atoms. The van der Waals surface area contributed by atoms with Crippen LogP contribution in [0, 0.1) is 6.92 Å². The largest absolute Gasteiger partial charge is 0.508 e. The van der Waals surface area contributed by atoms with Crippen molar-refractivity contribution < 1.29 is 5.11 Å². The van der Waals surface area contributed by atoms with E-state index in [4.69, 9.17) is 11.6 Å². The number of aromatic hydroxyl groups is 1. The van der Waals surface area contributed by atoms with E-state index in [1.165, 1.54) is 0 Å². The zero-order chi connectivity index (χ0) is 14.8. The summed E-state index contributed by atoms with van der Waals surface area (Å²) >= 11 is 5.93. The Balaban J connectivity index is 2.01. The summed E-state index contributed by atoms with van der Waals surface area (Å²) in [6.07, 6.45) is 1.84. The summed E-state index contributed by atoms with van der Waals surface area (Å²) < 4.78 is 2.08. The third kappa shape index (κ3) is 2.78. The second-order valence-electron chi connectivity index (χ2n) is 4.94. The van der Waals surface area contributed by atoms with E-state index >= 15 is 0 Å². The molecule has 0 aliphatic heterocycles. The maximum atomic E-state index is 9.95. The molecule has 0 atom stereocenters. The standard InChI is InChI=1S/C17H15ClN2O/c1-12-10-19-17(13-6-8-15(18)9-7-13)20(12)11-14-4-2-3-5-16(14)21/h2-10,21H,11H2,1H3. The van der Waals surface area contributed by atoms with Gasteiger partial charge in [0.25, 0.3) is 0 Å². The van der Waals surface area contributed by atoms with Gasteiger partial charge in [-0.05, 0) is 37.3 Å². The number of nitrogens with zero attached hydrogens (tertiary/aromatic N) is 2. The van der Waals surface area contributed by atoms with Gasteiger partial charge in [0.2, 0.25) is 0 Å². The highest BCUT2D eigenvalue weighted by Gasteiger charge is 2.11. The van der Waals surface area contributed by atoms with Crippen molar-refractivity contribution in [3.63, 3.8) is 0 Å². The Bertz CT molecular complexity index is 763. The third-order valence-corrected chi connectivity index (χ3v) is 3.73. The van der Waals surface area contributed by atoms with Crippen LogP contribution in [0.3, 0.4) is 0 Å². The molecule has 0 saturated carbocycles. The molecular weight excluding hydrogens is 284 g/mol. The highest BCUT2D eigenvalue weighted by atomic mass is 35.5. The van der Waals surface area contributed by atoms with Gasteiger partial charge in [0.1, 0.15) is 11.6 Å². The topological polar surface area (TPSA) is 38.0 Å². The molecule has 0 radical (unpaired) electrons. The van der Waals surface area contributed by atoms with Crippen molar-refractivity contribution in [2.45, 2.75) is 13.5 Å². The van der Waals surface area contributed by atoms with Gasteiger partial charge in [-0.3, -0.25) is 0 Å². The van der Waals surface area contributed by atoms with Gasteiger partial charge in [-0.15, -0.1) is 0 Å². The van der Waals surface area contributed by atoms with E-state index in [0.717, 1.165) is 22.6 Å². The summed E-state index contributed by atoms with van der Waals surface area (Å²) in [5, 5.41) is 10.6. The highest BCUT2D eigenvalue weighted by Crippen LogP contribution is 2.25. The molecule has 3 aromatic rings. The highest BCUT2D eigenvalue weighted by molar-refractivity contribution is 6.30. The van der Waals surface area contributed by atoms with E-state index in [0.29, 0.717) is 17.3 Å². The molecule has 106 valence electrons. The number of hydrogen-bond acceptors (Lipinski definition) is 2. The molecule has 1 N–H and O–H groups in total. The van der Waals surface area contributed by atoms with E-state index in [2.05, 4.69) is 9.55 Å². The van der Waals surface area contributed by atoms with Crippen LogP contribution in [-0.2, 0) is 6.54 Å². The van der Waals surface area contributed by atoms with E-state index in [-0.39, 0.29) is 0 Å². The number of rotatable bonds is 3. The number of imidazole rings is 1. The summed E-state index contributed by atoms with van der Waals surface area (Å²) in [5.74, 6) is 1.17. The Morgan fingerprint density at radius 2 is 1.81 bits per heavy atom. The second kappa shape index (κ2) is 5.62. The lowest BCUT2D eigenvalue weighted by Crippen LogP contribution is -2.04. The molecule has 0 fully saturated rings. The van der Waals surface area contributed by atoms with Crippen LogP contribution in [0.1, 0.15) is 11.3 Å². The molecule has 0 aliphatic rings. The SMILES string of the molecule is Cc1cnc(-c2ccc(Cl)cc2)n1Cc1ccccc1O.